The van der Waals surface area contributed by atoms with Crippen LogP contribution in [0, 0.1) is 0 Å². The second-order valence-corrected chi connectivity index (χ2v) is 10.4. The summed E-state index contributed by atoms with van der Waals surface area (Å²) in [7, 11) is -2.93. The number of hydrogen-bond acceptors (Lipinski definition) is 3. The molecule has 1 atom stereocenters. The lowest BCUT2D eigenvalue weighted by atomic mass is 9.92. The summed E-state index contributed by atoms with van der Waals surface area (Å²) in [5.41, 5.74) is 5.25. The molecule has 1 N–H and O–H groups in total. The first-order valence-electron chi connectivity index (χ1n) is 10.2. The highest BCUT2D eigenvalue weighted by atomic mass is 32.2. The Morgan fingerprint density at radius 1 is 0.963 bits per heavy atom. The molecule has 0 radical (unpaired) electrons. The molecule has 27 heavy (non-hydrogen) atoms. The summed E-state index contributed by atoms with van der Waals surface area (Å²) in [5.74, 6) is 0.285. The van der Waals surface area contributed by atoms with E-state index in [9.17, 15) is 8.42 Å². The minimum absolute atomic E-state index is 0.0779. The van der Waals surface area contributed by atoms with Gasteiger partial charge in [0, 0.05) is 6.04 Å². The normalized spacial score (nSPS) is 20.5. The van der Waals surface area contributed by atoms with Crippen molar-refractivity contribution < 1.29 is 8.42 Å². The van der Waals surface area contributed by atoms with E-state index in [0.717, 1.165) is 50.6 Å². The Balaban J connectivity index is 1.52. The smallest absolute Gasteiger partial charge is 0.153 e. The van der Waals surface area contributed by atoms with E-state index in [0.29, 0.717) is 12.5 Å². The minimum atomic E-state index is -2.93. The lowest BCUT2D eigenvalue weighted by Crippen LogP contribution is -2.31. The average Bonchev–Trinajstić information content (AvgIpc) is 2.81. The molecule has 0 saturated heterocycles. The molecule has 144 valence electrons. The first-order chi connectivity index (χ1) is 13.1. The Kier molecular flexibility index (Phi) is 5.65. The van der Waals surface area contributed by atoms with Crippen molar-refractivity contribution in [1.29, 1.82) is 0 Å². The molecule has 1 unspecified atom stereocenters. The largest absolute Gasteiger partial charge is 0.310 e. The molecular formula is C23H29NO2S. The third-order valence-corrected chi connectivity index (χ3v) is 8.38. The molecular weight excluding hydrogens is 354 g/mol. The highest BCUT2D eigenvalue weighted by Crippen LogP contribution is 2.29. The summed E-state index contributed by atoms with van der Waals surface area (Å²) in [6, 6.07) is 17.5. The summed E-state index contributed by atoms with van der Waals surface area (Å²) in [6.07, 6.45) is 6.62. The van der Waals surface area contributed by atoms with Crippen LogP contribution < -0.4 is 5.32 Å². The maximum Gasteiger partial charge on any atom is 0.153 e. The van der Waals surface area contributed by atoms with Crippen LogP contribution >= 0.6 is 0 Å². The first-order valence-corrected chi connectivity index (χ1v) is 11.9. The van der Waals surface area contributed by atoms with Gasteiger partial charge in [-0.25, -0.2) is 8.42 Å². The minimum Gasteiger partial charge on any atom is -0.310 e. The van der Waals surface area contributed by atoms with Crippen LogP contribution in [0.2, 0.25) is 0 Å². The fourth-order valence-electron chi connectivity index (χ4n) is 4.21. The Bertz CT molecular complexity index is 873. The SMILES string of the molecule is O=S(=O)(CCc1ccc2c(c1)C(Cc1ccccc1)NCCC2)C1CCC1. The molecule has 1 heterocycles. The molecule has 1 fully saturated rings. The van der Waals surface area contributed by atoms with Crippen molar-refractivity contribution in [3.05, 3.63) is 70.8 Å². The summed E-state index contributed by atoms with van der Waals surface area (Å²) in [4.78, 5) is 0. The molecule has 0 amide bonds. The van der Waals surface area contributed by atoms with Crippen LogP contribution in [0.4, 0.5) is 0 Å². The molecule has 2 aromatic carbocycles. The third-order valence-electron chi connectivity index (χ3n) is 6.12. The van der Waals surface area contributed by atoms with Crippen LogP contribution in [0.3, 0.4) is 0 Å². The van der Waals surface area contributed by atoms with Gasteiger partial charge in [-0.1, -0.05) is 55.0 Å². The number of aryl methyl sites for hydroxylation is 2. The second-order valence-electron chi connectivity index (χ2n) is 8.00. The predicted octanol–water partition coefficient (Wildman–Crippen LogP) is 4.02. The molecule has 1 aliphatic carbocycles. The summed E-state index contributed by atoms with van der Waals surface area (Å²) in [5, 5.41) is 3.63. The molecule has 0 spiro atoms. The molecule has 1 aliphatic heterocycles. The van der Waals surface area contributed by atoms with Crippen molar-refractivity contribution in [2.75, 3.05) is 12.3 Å². The number of rotatable bonds is 6. The van der Waals surface area contributed by atoms with Gasteiger partial charge in [0.1, 0.15) is 0 Å². The van der Waals surface area contributed by atoms with E-state index < -0.39 is 9.84 Å². The monoisotopic (exact) mass is 383 g/mol. The van der Waals surface area contributed by atoms with Gasteiger partial charge >= 0.3 is 0 Å². The van der Waals surface area contributed by atoms with Crippen molar-refractivity contribution in [2.45, 2.75) is 56.2 Å². The first kappa shape index (κ1) is 18.7. The van der Waals surface area contributed by atoms with E-state index >= 15 is 0 Å². The van der Waals surface area contributed by atoms with Crippen molar-refractivity contribution in [3.8, 4) is 0 Å². The molecule has 4 rings (SSSR count). The van der Waals surface area contributed by atoms with Crippen LogP contribution in [-0.4, -0.2) is 26.0 Å². The highest BCUT2D eigenvalue weighted by Gasteiger charge is 2.30. The number of sulfone groups is 1. The van der Waals surface area contributed by atoms with Gasteiger partial charge in [-0.05, 0) is 67.3 Å². The van der Waals surface area contributed by atoms with Gasteiger partial charge in [0.05, 0.1) is 11.0 Å². The average molecular weight is 384 g/mol. The van der Waals surface area contributed by atoms with Gasteiger partial charge in [-0.3, -0.25) is 0 Å². The number of benzene rings is 2. The fraction of sp³-hybridized carbons (Fsp3) is 0.478. The van der Waals surface area contributed by atoms with E-state index in [4.69, 9.17) is 0 Å². The van der Waals surface area contributed by atoms with Crippen LogP contribution in [-0.2, 0) is 29.1 Å². The van der Waals surface area contributed by atoms with Gasteiger partial charge in [0.15, 0.2) is 9.84 Å². The molecule has 0 bridgehead atoms. The second kappa shape index (κ2) is 8.15. The van der Waals surface area contributed by atoms with E-state index in [1.54, 1.807) is 0 Å². The van der Waals surface area contributed by atoms with Crippen LogP contribution in [0.1, 0.15) is 54.0 Å². The zero-order chi connectivity index (χ0) is 18.7. The van der Waals surface area contributed by atoms with Gasteiger partial charge < -0.3 is 5.32 Å². The van der Waals surface area contributed by atoms with Gasteiger partial charge in [-0.15, -0.1) is 0 Å². The zero-order valence-corrected chi connectivity index (χ0v) is 16.7. The Labute approximate surface area is 163 Å². The Morgan fingerprint density at radius 2 is 1.78 bits per heavy atom. The molecule has 2 aromatic rings. The van der Waals surface area contributed by atoms with Crippen molar-refractivity contribution >= 4 is 9.84 Å². The van der Waals surface area contributed by atoms with Crippen LogP contribution in [0.5, 0.6) is 0 Å². The molecule has 3 nitrogen and oxygen atoms in total. The maximum absolute atomic E-state index is 12.4. The number of fused-ring (bicyclic) bond motifs is 1. The lowest BCUT2D eigenvalue weighted by molar-refractivity contribution is 0.476. The third kappa shape index (κ3) is 4.44. The molecule has 0 aromatic heterocycles. The standard InChI is InChI=1S/C23H29NO2S/c25-27(26,21-9-4-10-21)15-13-19-11-12-20-8-5-14-24-23(22(20)16-19)17-18-6-2-1-3-7-18/h1-3,6-7,11-12,16,21,23-24H,4-5,8-10,13-15,17H2. The van der Waals surface area contributed by atoms with Crippen molar-refractivity contribution in [2.24, 2.45) is 0 Å². The number of nitrogens with one attached hydrogen (secondary N) is 1. The molecule has 4 heteroatoms. The predicted molar refractivity (Wildman–Crippen MR) is 111 cm³/mol. The van der Waals surface area contributed by atoms with Gasteiger partial charge in [0.2, 0.25) is 0 Å². The fourth-order valence-corrected chi connectivity index (χ4v) is 6.11. The molecule has 1 saturated carbocycles. The highest BCUT2D eigenvalue weighted by molar-refractivity contribution is 7.92. The van der Waals surface area contributed by atoms with E-state index in [2.05, 4.69) is 53.8 Å². The van der Waals surface area contributed by atoms with E-state index in [1.165, 1.54) is 16.7 Å². The zero-order valence-electron chi connectivity index (χ0n) is 15.9. The lowest BCUT2D eigenvalue weighted by Gasteiger charge is -2.25. The maximum atomic E-state index is 12.4. The Hall–Kier alpha value is -1.65. The van der Waals surface area contributed by atoms with Gasteiger partial charge in [-0.2, -0.15) is 0 Å². The summed E-state index contributed by atoms with van der Waals surface area (Å²) >= 11 is 0. The quantitative estimate of drug-likeness (QED) is 0.820. The number of hydrogen-bond donors (Lipinski definition) is 1. The van der Waals surface area contributed by atoms with Crippen LogP contribution in [0.15, 0.2) is 48.5 Å². The molecule has 2 aliphatic rings. The van der Waals surface area contributed by atoms with Gasteiger partial charge in [0.25, 0.3) is 0 Å². The topological polar surface area (TPSA) is 46.2 Å². The summed E-state index contributed by atoms with van der Waals surface area (Å²) < 4.78 is 24.8. The Morgan fingerprint density at radius 3 is 2.52 bits per heavy atom. The summed E-state index contributed by atoms with van der Waals surface area (Å²) in [6.45, 7) is 1.03. The van der Waals surface area contributed by atoms with E-state index in [1.807, 2.05) is 0 Å². The van der Waals surface area contributed by atoms with Crippen molar-refractivity contribution in [1.82, 2.24) is 5.32 Å². The van der Waals surface area contributed by atoms with Crippen LogP contribution in [0.25, 0.3) is 0 Å². The van der Waals surface area contributed by atoms with E-state index in [-0.39, 0.29) is 11.0 Å². The van der Waals surface area contributed by atoms with Crippen molar-refractivity contribution in [3.63, 3.8) is 0 Å².